The molecule has 2 aliphatic heterocycles. The molecule has 2 saturated heterocycles. The van der Waals surface area contributed by atoms with Crippen LogP contribution >= 0.6 is 11.8 Å². The van der Waals surface area contributed by atoms with Gasteiger partial charge in [-0.1, -0.05) is 6.42 Å². The van der Waals surface area contributed by atoms with Gasteiger partial charge in [0.05, 0.1) is 12.1 Å². The summed E-state index contributed by atoms with van der Waals surface area (Å²) >= 11 is 1.93. The monoisotopic (exact) mass is 435 g/mol. The smallest absolute Gasteiger partial charge is 0.315 e. The number of fused-ring (bicyclic) bond motifs is 1. The van der Waals surface area contributed by atoms with E-state index in [9.17, 15) is 9.59 Å². The number of aromatic nitrogens is 1. The van der Waals surface area contributed by atoms with Gasteiger partial charge in [0, 0.05) is 62.4 Å². The third-order valence-electron chi connectivity index (χ3n) is 6.12. The van der Waals surface area contributed by atoms with Crippen LogP contribution in [0.25, 0.3) is 0 Å². The standard InChI is InChI=1S/C22H33N3O4S/c1-28-22(29-2,16-10-13-23-14-11-16)12-6-5-8-17(26)7-3-4-9-19-20-18(15-30-19)24-21(27)25-20/h10-11,13-14,18-20H,3-9,12,15H2,1-2H3,(H2,24,25,27). The number of nitrogens with zero attached hydrogens (tertiary/aromatic N) is 1. The van der Waals surface area contributed by atoms with E-state index in [0.717, 1.165) is 43.4 Å². The highest BCUT2D eigenvalue weighted by atomic mass is 32.2. The van der Waals surface area contributed by atoms with E-state index in [2.05, 4.69) is 15.6 Å². The topological polar surface area (TPSA) is 89.5 Å². The summed E-state index contributed by atoms with van der Waals surface area (Å²) in [5, 5.41) is 6.45. The molecular formula is C22H33N3O4S. The lowest BCUT2D eigenvalue weighted by atomic mass is 9.98. The summed E-state index contributed by atoms with van der Waals surface area (Å²) in [7, 11) is 3.29. The fourth-order valence-corrected chi connectivity index (χ4v) is 5.93. The maximum atomic E-state index is 12.3. The molecule has 3 rings (SSSR count). The average Bonchev–Trinajstić information content (AvgIpc) is 3.32. The number of thioether (sulfide) groups is 1. The second-order valence-corrected chi connectivity index (χ2v) is 9.28. The number of rotatable bonds is 13. The molecule has 0 spiro atoms. The molecule has 1 aromatic heterocycles. The predicted octanol–water partition coefficient (Wildman–Crippen LogP) is 3.38. The van der Waals surface area contributed by atoms with Crippen LogP contribution in [0.5, 0.6) is 0 Å². The molecule has 3 heterocycles. The molecular weight excluding hydrogens is 402 g/mol. The lowest BCUT2D eigenvalue weighted by Crippen LogP contribution is -2.36. The Labute approximate surface area is 183 Å². The number of hydrogen-bond donors (Lipinski definition) is 2. The van der Waals surface area contributed by atoms with E-state index in [-0.39, 0.29) is 18.1 Å². The van der Waals surface area contributed by atoms with Crippen molar-refractivity contribution in [2.24, 2.45) is 0 Å². The van der Waals surface area contributed by atoms with Gasteiger partial charge < -0.3 is 20.1 Å². The highest BCUT2D eigenvalue weighted by Gasteiger charge is 2.42. The first kappa shape index (κ1) is 23.0. The van der Waals surface area contributed by atoms with Gasteiger partial charge in [-0.2, -0.15) is 11.8 Å². The summed E-state index contributed by atoms with van der Waals surface area (Å²) in [6.45, 7) is 0. The first-order chi connectivity index (χ1) is 14.6. The molecule has 1 aromatic rings. The Morgan fingerprint density at radius 1 is 1.13 bits per heavy atom. The van der Waals surface area contributed by atoms with Gasteiger partial charge in [0.15, 0.2) is 5.79 Å². The Kier molecular flexibility index (Phi) is 8.53. The van der Waals surface area contributed by atoms with Crippen molar-refractivity contribution in [3.8, 4) is 0 Å². The summed E-state index contributed by atoms with van der Waals surface area (Å²) in [4.78, 5) is 27.7. The zero-order chi connectivity index (χ0) is 21.4. The van der Waals surface area contributed by atoms with Crippen LogP contribution in [0.3, 0.4) is 0 Å². The highest BCUT2D eigenvalue weighted by Crippen LogP contribution is 2.33. The molecule has 0 aliphatic carbocycles. The zero-order valence-electron chi connectivity index (χ0n) is 17.9. The van der Waals surface area contributed by atoms with Crippen LogP contribution in [0.2, 0.25) is 0 Å². The van der Waals surface area contributed by atoms with Crippen molar-refractivity contribution in [2.75, 3.05) is 20.0 Å². The van der Waals surface area contributed by atoms with Crippen LogP contribution in [-0.4, -0.2) is 54.1 Å². The molecule has 8 heteroatoms. The third kappa shape index (κ3) is 5.74. The van der Waals surface area contributed by atoms with E-state index in [0.29, 0.717) is 30.3 Å². The Bertz CT molecular complexity index is 699. The van der Waals surface area contributed by atoms with Crippen molar-refractivity contribution in [2.45, 2.75) is 74.5 Å². The van der Waals surface area contributed by atoms with Gasteiger partial charge >= 0.3 is 6.03 Å². The highest BCUT2D eigenvalue weighted by molar-refractivity contribution is 8.00. The molecule has 0 bridgehead atoms. The van der Waals surface area contributed by atoms with E-state index >= 15 is 0 Å². The van der Waals surface area contributed by atoms with Crippen molar-refractivity contribution in [3.05, 3.63) is 30.1 Å². The second-order valence-electron chi connectivity index (χ2n) is 8.01. The minimum atomic E-state index is -0.784. The molecule has 166 valence electrons. The molecule has 2 fully saturated rings. The van der Waals surface area contributed by atoms with Crippen LogP contribution in [0.1, 0.15) is 56.9 Å². The number of carbonyl (C=O) groups is 2. The van der Waals surface area contributed by atoms with E-state index in [4.69, 9.17) is 9.47 Å². The summed E-state index contributed by atoms with van der Waals surface area (Å²) in [6.07, 6.45) is 10.1. The minimum Gasteiger partial charge on any atom is -0.349 e. The molecule has 0 saturated carbocycles. The summed E-state index contributed by atoms with van der Waals surface area (Å²) in [5.41, 5.74) is 0.939. The fourth-order valence-electron chi connectivity index (χ4n) is 4.39. The van der Waals surface area contributed by atoms with Gasteiger partial charge in [-0.15, -0.1) is 0 Å². The summed E-state index contributed by atoms with van der Waals surface area (Å²) in [5.74, 6) is 0.525. The van der Waals surface area contributed by atoms with Gasteiger partial charge in [0.2, 0.25) is 0 Å². The summed E-state index contributed by atoms with van der Waals surface area (Å²) < 4.78 is 11.4. The maximum Gasteiger partial charge on any atom is 0.315 e. The first-order valence-corrected chi connectivity index (χ1v) is 11.8. The van der Waals surface area contributed by atoms with Crippen LogP contribution in [0.15, 0.2) is 24.5 Å². The van der Waals surface area contributed by atoms with Crippen LogP contribution in [-0.2, 0) is 20.1 Å². The van der Waals surface area contributed by atoms with Gasteiger partial charge in [0.25, 0.3) is 0 Å². The fraction of sp³-hybridized carbons (Fsp3) is 0.682. The number of pyridine rings is 1. The van der Waals surface area contributed by atoms with Crippen molar-refractivity contribution in [1.29, 1.82) is 0 Å². The zero-order valence-corrected chi connectivity index (χ0v) is 18.7. The Balaban J connectivity index is 1.30. The molecule has 0 aromatic carbocycles. The molecule has 2 aliphatic rings. The first-order valence-electron chi connectivity index (χ1n) is 10.8. The number of Topliss-reactive ketones (excluding diaryl/α,β-unsaturated/α-hetero) is 1. The maximum absolute atomic E-state index is 12.3. The van der Waals surface area contributed by atoms with Crippen LogP contribution in [0.4, 0.5) is 4.79 Å². The number of ketones is 1. The molecule has 7 nitrogen and oxygen atoms in total. The molecule has 2 amide bonds. The molecule has 3 unspecified atom stereocenters. The van der Waals surface area contributed by atoms with Crippen molar-refractivity contribution in [1.82, 2.24) is 15.6 Å². The van der Waals surface area contributed by atoms with E-state index in [1.165, 1.54) is 0 Å². The lowest BCUT2D eigenvalue weighted by molar-refractivity contribution is -0.221. The second kappa shape index (κ2) is 11.1. The number of methoxy groups -OCH3 is 2. The number of unbranched alkanes of at least 4 members (excludes halogenated alkanes) is 2. The van der Waals surface area contributed by atoms with Crippen molar-refractivity contribution < 1.29 is 19.1 Å². The number of hydrogen-bond acceptors (Lipinski definition) is 6. The van der Waals surface area contributed by atoms with Gasteiger partial charge in [-0.05, 0) is 37.8 Å². The predicted molar refractivity (Wildman–Crippen MR) is 117 cm³/mol. The minimum absolute atomic E-state index is 0.0413. The Morgan fingerprint density at radius 2 is 1.83 bits per heavy atom. The van der Waals surface area contributed by atoms with Gasteiger partial charge in [-0.25, -0.2) is 4.79 Å². The largest absolute Gasteiger partial charge is 0.349 e. The van der Waals surface area contributed by atoms with Crippen molar-refractivity contribution in [3.63, 3.8) is 0 Å². The molecule has 3 atom stereocenters. The Morgan fingerprint density at radius 3 is 2.53 bits per heavy atom. The van der Waals surface area contributed by atoms with Gasteiger partial charge in [0.1, 0.15) is 5.78 Å². The SMILES string of the molecule is COC(CCCCC(=O)CCCCC1SCC2NC(=O)NC21)(OC)c1ccncc1. The van der Waals surface area contributed by atoms with E-state index < -0.39 is 5.79 Å². The van der Waals surface area contributed by atoms with E-state index in [1.54, 1.807) is 26.6 Å². The Hall–Kier alpha value is -1.64. The molecule has 0 radical (unpaired) electrons. The molecule has 2 N–H and O–H groups in total. The lowest BCUT2D eigenvalue weighted by Gasteiger charge is -2.31. The van der Waals surface area contributed by atoms with Crippen molar-refractivity contribution >= 4 is 23.6 Å². The van der Waals surface area contributed by atoms with Gasteiger partial charge in [-0.3, -0.25) is 9.78 Å². The number of carbonyl (C=O) groups excluding carboxylic acids is 2. The van der Waals surface area contributed by atoms with E-state index in [1.807, 2.05) is 23.9 Å². The summed E-state index contributed by atoms with van der Waals surface area (Å²) in [6, 6.07) is 4.28. The van der Waals surface area contributed by atoms with Crippen LogP contribution in [0, 0.1) is 0 Å². The number of amides is 2. The number of nitrogens with one attached hydrogen (secondary N) is 2. The average molecular weight is 436 g/mol. The van der Waals surface area contributed by atoms with Crippen LogP contribution < -0.4 is 10.6 Å². The number of urea groups is 1. The number of ether oxygens (including phenoxy) is 2. The molecule has 30 heavy (non-hydrogen) atoms. The third-order valence-corrected chi connectivity index (χ3v) is 7.63. The normalized spacial score (nSPS) is 23.1. The quantitative estimate of drug-likeness (QED) is 0.280.